The third-order valence-electron chi connectivity index (χ3n) is 3.39. The van der Waals surface area contributed by atoms with Crippen molar-refractivity contribution in [3.05, 3.63) is 34.6 Å². The van der Waals surface area contributed by atoms with Crippen molar-refractivity contribution in [2.45, 2.75) is 39.7 Å². The Kier molecular flexibility index (Phi) is 7.32. The Morgan fingerprint density at radius 3 is 1.88 bits per heavy atom. The minimum absolute atomic E-state index is 0.0803. The maximum atomic E-state index is 13.7. The number of esters is 1. The summed E-state index contributed by atoms with van der Waals surface area (Å²) >= 11 is 0. The average Bonchev–Trinajstić information content (AvgIpc) is 2.56. The molecule has 9 heteroatoms. The zero-order valence-corrected chi connectivity index (χ0v) is 13.9. The lowest BCUT2D eigenvalue weighted by Crippen LogP contribution is -2.46. The van der Waals surface area contributed by atoms with Gasteiger partial charge in [0.15, 0.2) is 23.3 Å². The van der Waals surface area contributed by atoms with Crippen LogP contribution in [0.5, 0.6) is 0 Å². The molecule has 0 aromatic heterocycles. The highest BCUT2D eigenvalue weighted by molar-refractivity contribution is 5.97. The number of hydrogen-bond donors (Lipinski definition) is 1. The fourth-order valence-corrected chi connectivity index (χ4v) is 1.92. The second kappa shape index (κ2) is 8.77. The van der Waals surface area contributed by atoms with Crippen molar-refractivity contribution in [3.63, 3.8) is 0 Å². The van der Waals surface area contributed by atoms with Crippen LogP contribution in [0, 0.1) is 35.0 Å². The molecule has 0 bridgehead atoms. The van der Waals surface area contributed by atoms with E-state index < -0.39 is 58.5 Å². The summed E-state index contributed by atoms with van der Waals surface area (Å²) in [5, 5.41) is 1.97. The maximum Gasteiger partial charge on any atom is 0.328 e. The van der Waals surface area contributed by atoms with Gasteiger partial charge in [0.2, 0.25) is 5.82 Å². The molecule has 1 aromatic rings. The van der Waals surface area contributed by atoms with Crippen molar-refractivity contribution in [2.24, 2.45) is 5.92 Å². The highest BCUT2D eigenvalue weighted by Crippen LogP contribution is 2.23. The van der Waals surface area contributed by atoms with Gasteiger partial charge >= 0.3 is 5.97 Å². The van der Waals surface area contributed by atoms with Crippen molar-refractivity contribution in [2.75, 3.05) is 6.61 Å². The van der Waals surface area contributed by atoms with Crippen molar-refractivity contribution >= 4 is 11.9 Å². The number of unbranched alkanes of at least 4 members (excludes halogenated alkanes) is 1. The molecule has 140 valence electrons. The minimum Gasteiger partial charge on any atom is -0.464 e. The van der Waals surface area contributed by atoms with Gasteiger partial charge in [-0.25, -0.2) is 26.7 Å². The van der Waals surface area contributed by atoms with E-state index in [0.29, 0.717) is 6.42 Å². The molecule has 1 unspecified atom stereocenters. The predicted octanol–water partition coefficient (Wildman–Crippen LogP) is 3.48. The molecule has 1 N–H and O–H groups in total. The summed E-state index contributed by atoms with van der Waals surface area (Å²) in [5.74, 6) is -14.4. The molecule has 0 spiro atoms. The summed E-state index contributed by atoms with van der Waals surface area (Å²) in [6, 6.07) is -1.31. The van der Waals surface area contributed by atoms with E-state index in [9.17, 15) is 31.5 Å². The van der Waals surface area contributed by atoms with Gasteiger partial charge in [-0.15, -0.1) is 0 Å². The number of rotatable bonds is 7. The molecule has 0 aliphatic rings. The Balaban J connectivity index is 3.08. The molecule has 0 fully saturated rings. The lowest BCUT2D eigenvalue weighted by molar-refractivity contribution is -0.147. The zero-order chi connectivity index (χ0) is 19.3. The normalized spacial score (nSPS) is 12.2. The Morgan fingerprint density at radius 1 is 0.960 bits per heavy atom. The van der Waals surface area contributed by atoms with Crippen LogP contribution in [-0.2, 0) is 9.53 Å². The molecule has 0 saturated heterocycles. The van der Waals surface area contributed by atoms with Gasteiger partial charge in [0.05, 0.1) is 6.61 Å². The maximum absolute atomic E-state index is 13.7. The molecule has 1 amide bonds. The number of carbonyl (C=O) groups excluding carboxylic acids is 2. The van der Waals surface area contributed by atoms with Gasteiger partial charge in [0.25, 0.3) is 5.91 Å². The van der Waals surface area contributed by atoms with Crippen LogP contribution in [0.3, 0.4) is 0 Å². The van der Waals surface area contributed by atoms with E-state index in [0.717, 1.165) is 6.42 Å². The monoisotopic (exact) mass is 367 g/mol. The molecule has 25 heavy (non-hydrogen) atoms. The van der Waals surface area contributed by atoms with Gasteiger partial charge in [-0.1, -0.05) is 27.2 Å². The molecule has 0 aliphatic heterocycles. The van der Waals surface area contributed by atoms with Crippen molar-refractivity contribution in [1.82, 2.24) is 5.32 Å². The third kappa shape index (κ3) is 4.67. The second-order valence-corrected chi connectivity index (χ2v) is 5.66. The van der Waals surface area contributed by atoms with Crippen molar-refractivity contribution in [1.29, 1.82) is 0 Å². The predicted molar refractivity (Wildman–Crippen MR) is 78.2 cm³/mol. The number of amides is 1. The van der Waals surface area contributed by atoms with Gasteiger partial charge in [0.1, 0.15) is 11.6 Å². The summed E-state index contributed by atoms with van der Waals surface area (Å²) in [7, 11) is 0. The van der Waals surface area contributed by atoms with Crippen LogP contribution in [-0.4, -0.2) is 24.5 Å². The summed E-state index contributed by atoms with van der Waals surface area (Å²) in [4.78, 5) is 23.9. The molecular formula is C16H18F5NO3. The number of nitrogens with one attached hydrogen (secondary N) is 1. The van der Waals surface area contributed by atoms with Crippen LogP contribution in [0.1, 0.15) is 44.0 Å². The van der Waals surface area contributed by atoms with E-state index in [2.05, 4.69) is 0 Å². The van der Waals surface area contributed by atoms with Crippen LogP contribution in [0.15, 0.2) is 0 Å². The van der Waals surface area contributed by atoms with Gasteiger partial charge in [0, 0.05) is 0 Å². The molecule has 0 aliphatic carbocycles. The molecular weight excluding hydrogens is 349 g/mol. The number of hydrogen-bond acceptors (Lipinski definition) is 3. The van der Waals surface area contributed by atoms with Gasteiger partial charge in [-0.2, -0.15) is 0 Å². The molecule has 1 rings (SSSR count). The van der Waals surface area contributed by atoms with Crippen LogP contribution in [0.2, 0.25) is 0 Å². The van der Waals surface area contributed by atoms with Crippen molar-refractivity contribution in [3.8, 4) is 0 Å². The first-order valence-corrected chi connectivity index (χ1v) is 7.62. The first-order chi connectivity index (χ1) is 11.6. The van der Waals surface area contributed by atoms with Crippen LogP contribution >= 0.6 is 0 Å². The third-order valence-corrected chi connectivity index (χ3v) is 3.39. The van der Waals surface area contributed by atoms with Gasteiger partial charge < -0.3 is 10.1 Å². The summed E-state index contributed by atoms with van der Waals surface area (Å²) in [6.07, 6.45) is 1.32. The Labute approximate surface area is 141 Å². The molecule has 1 aromatic carbocycles. The minimum atomic E-state index is -2.37. The fourth-order valence-electron chi connectivity index (χ4n) is 1.92. The number of carbonyl (C=O) groups is 2. The first-order valence-electron chi connectivity index (χ1n) is 7.62. The van der Waals surface area contributed by atoms with E-state index in [-0.39, 0.29) is 6.61 Å². The number of ether oxygens (including phenoxy) is 1. The molecule has 1 atom stereocenters. The highest BCUT2D eigenvalue weighted by atomic mass is 19.2. The topological polar surface area (TPSA) is 55.4 Å². The number of benzene rings is 1. The van der Waals surface area contributed by atoms with Gasteiger partial charge in [-0.05, 0) is 12.3 Å². The highest BCUT2D eigenvalue weighted by Gasteiger charge is 2.33. The molecule has 4 nitrogen and oxygen atoms in total. The Bertz CT molecular complexity index is 635. The summed E-state index contributed by atoms with van der Waals surface area (Å²) < 4.78 is 71.6. The van der Waals surface area contributed by atoms with E-state index >= 15 is 0 Å². The van der Waals surface area contributed by atoms with Crippen molar-refractivity contribution < 1.29 is 36.3 Å². The average molecular weight is 367 g/mol. The zero-order valence-electron chi connectivity index (χ0n) is 13.9. The molecule has 0 radical (unpaired) electrons. The second-order valence-electron chi connectivity index (χ2n) is 5.66. The van der Waals surface area contributed by atoms with Gasteiger partial charge in [-0.3, -0.25) is 4.79 Å². The van der Waals surface area contributed by atoms with E-state index in [1.165, 1.54) is 13.8 Å². The van der Waals surface area contributed by atoms with E-state index in [1.807, 2.05) is 12.2 Å². The quantitative estimate of drug-likeness (QED) is 0.264. The molecule has 0 heterocycles. The first kappa shape index (κ1) is 20.9. The standard InChI is InChI=1S/C16H18F5NO3/c1-4-5-6-25-16(24)14(7(2)3)22-15(23)8-9(17)11(19)13(21)12(20)10(8)18/h7,14H,4-6H2,1-3H3,(H,22,23). The Morgan fingerprint density at radius 2 is 1.44 bits per heavy atom. The SMILES string of the molecule is CCCCOC(=O)C(NC(=O)c1c(F)c(F)c(F)c(F)c1F)C(C)C. The summed E-state index contributed by atoms with van der Waals surface area (Å²) in [5.41, 5.74) is -1.65. The molecule has 0 saturated carbocycles. The lowest BCUT2D eigenvalue weighted by atomic mass is 10.0. The van der Waals surface area contributed by atoms with Crippen LogP contribution < -0.4 is 5.32 Å². The van der Waals surface area contributed by atoms with E-state index in [4.69, 9.17) is 4.74 Å². The van der Waals surface area contributed by atoms with Crippen LogP contribution in [0.25, 0.3) is 0 Å². The number of halogens is 5. The Hall–Kier alpha value is -2.19. The fraction of sp³-hybridized carbons (Fsp3) is 0.500. The van der Waals surface area contributed by atoms with Crippen LogP contribution in [0.4, 0.5) is 22.0 Å². The lowest BCUT2D eigenvalue weighted by Gasteiger charge is -2.21. The van der Waals surface area contributed by atoms with E-state index in [1.54, 1.807) is 0 Å². The smallest absolute Gasteiger partial charge is 0.328 e. The summed E-state index contributed by atoms with van der Waals surface area (Å²) in [6.45, 7) is 4.98. The largest absolute Gasteiger partial charge is 0.464 e.